The van der Waals surface area contributed by atoms with Crippen molar-refractivity contribution in [2.45, 2.75) is 38.8 Å². The standard InChI is InChI=1S/C13H22N2O/c1-4-13(3,16-5-2)12(15-14)11-9-7-6-8-10-11/h6-10,12,15H,4-5,14H2,1-3H3. The lowest BCUT2D eigenvalue weighted by Gasteiger charge is -2.36. The third-order valence-corrected chi connectivity index (χ3v) is 3.09. The highest BCUT2D eigenvalue weighted by atomic mass is 16.5. The van der Waals surface area contributed by atoms with E-state index in [4.69, 9.17) is 10.6 Å². The summed E-state index contributed by atoms with van der Waals surface area (Å²) in [5, 5.41) is 0. The summed E-state index contributed by atoms with van der Waals surface area (Å²) in [6.07, 6.45) is 0.907. The van der Waals surface area contributed by atoms with Gasteiger partial charge in [0.15, 0.2) is 0 Å². The van der Waals surface area contributed by atoms with Gasteiger partial charge in [-0.15, -0.1) is 0 Å². The minimum atomic E-state index is -0.273. The molecule has 2 atom stereocenters. The Morgan fingerprint density at radius 1 is 1.31 bits per heavy atom. The Kier molecular flexibility index (Phi) is 4.93. The number of hydrogen-bond acceptors (Lipinski definition) is 3. The highest BCUT2D eigenvalue weighted by Gasteiger charge is 2.33. The molecule has 0 saturated heterocycles. The van der Waals surface area contributed by atoms with Crippen molar-refractivity contribution in [1.29, 1.82) is 0 Å². The van der Waals surface area contributed by atoms with Crippen molar-refractivity contribution in [2.75, 3.05) is 6.61 Å². The maximum Gasteiger partial charge on any atom is 0.0858 e. The highest BCUT2D eigenvalue weighted by Crippen LogP contribution is 2.31. The molecular weight excluding hydrogens is 200 g/mol. The van der Waals surface area contributed by atoms with Gasteiger partial charge in [-0.1, -0.05) is 37.3 Å². The van der Waals surface area contributed by atoms with E-state index in [1.165, 1.54) is 0 Å². The maximum absolute atomic E-state index is 5.84. The van der Waals surface area contributed by atoms with E-state index in [9.17, 15) is 0 Å². The number of rotatable bonds is 6. The highest BCUT2D eigenvalue weighted by molar-refractivity contribution is 5.21. The van der Waals surface area contributed by atoms with Gasteiger partial charge in [0.2, 0.25) is 0 Å². The van der Waals surface area contributed by atoms with E-state index >= 15 is 0 Å². The van der Waals surface area contributed by atoms with Crippen molar-refractivity contribution in [1.82, 2.24) is 5.43 Å². The van der Waals surface area contributed by atoms with Gasteiger partial charge in [0.25, 0.3) is 0 Å². The number of hydrazine groups is 1. The molecule has 1 aromatic carbocycles. The largest absolute Gasteiger partial charge is 0.374 e. The molecule has 1 aromatic rings. The van der Waals surface area contributed by atoms with Crippen LogP contribution in [0.25, 0.3) is 0 Å². The fourth-order valence-corrected chi connectivity index (χ4v) is 1.99. The first kappa shape index (κ1) is 13.2. The summed E-state index contributed by atoms with van der Waals surface area (Å²) in [6.45, 7) is 6.90. The van der Waals surface area contributed by atoms with Crippen molar-refractivity contribution in [2.24, 2.45) is 5.84 Å². The summed E-state index contributed by atoms with van der Waals surface area (Å²) in [6, 6.07) is 10.2. The molecule has 0 aromatic heterocycles. The summed E-state index contributed by atoms with van der Waals surface area (Å²) in [4.78, 5) is 0. The molecule has 16 heavy (non-hydrogen) atoms. The first-order chi connectivity index (χ1) is 7.68. The molecule has 0 aliphatic heterocycles. The van der Waals surface area contributed by atoms with Crippen LogP contribution in [0.5, 0.6) is 0 Å². The zero-order chi connectivity index (χ0) is 12.0. The molecule has 1 rings (SSSR count). The van der Waals surface area contributed by atoms with Crippen LogP contribution in [0.3, 0.4) is 0 Å². The Morgan fingerprint density at radius 2 is 1.94 bits per heavy atom. The van der Waals surface area contributed by atoms with Gasteiger partial charge >= 0.3 is 0 Å². The van der Waals surface area contributed by atoms with E-state index < -0.39 is 0 Å². The number of hydrogen-bond donors (Lipinski definition) is 2. The zero-order valence-corrected chi connectivity index (χ0v) is 10.4. The fraction of sp³-hybridized carbons (Fsp3) is 0.538. The number of ether oxygens (including phenoxy) is 1. The molecule has 0 radical (unpaired) electrons. The maximum atomic E-state index is 5.84. The van der Waals surface area contributed by atoms with Gasteiger partial charge in [-0.2, -0.15) is 0 Å². The second-order valence-corrected chi connectivity index (χ2v) is 4.11. The molecule has 3 nitrogen and oxygen atoms in total. The third-order valence-electron chi connectivity index (χ3n) is 3.09. The van der Waals surface area contributed by atoms with Crippen LogP contribution in [0.4, 0.5) is 0 Å². The van der Waals surface area contributed by atoms with Crippen LogP contribution in [0, 0.1) is 0 Å². The number of nitrogens with two attached hydrogens (primary N) is 1. The normalized spacial score (nSPS) is 16.8. The van der Waals surface area contributed by atoms with Gasteiger partial charge < -0.3 is 4.74 Å². The van der Waals surface area contributed by atoms with E-state index in [1.807, 2.05) is 25.1 Å². The monoisotopic (exact) mass is 222 g/mol. The Hall–Kier alpha value is -0.900. The van der Waals surface area contributed by atoms with Crippen LogP contribution in [-0.4, -0.2) is 12.2 Å². The second kappa shape index (κ2) is 5.99. The summed E-state index contributed by atoms with van der Waals surface area (Å²) >= 11 is 0. The van der Waals surface area contributed by atoms with Crippen molar-refractivity contribution in [3.05, 3.63) is 35.9 Å². The van der Waals surface area contributed by atoms with Gasteiger partial charge in [0.1, 0.15) is 0 Å². The number of benzene rings is 1. The van der Waals surface area contributed by atoms with Crippen LogP contribution < -0.4 is 11.3 Å². The van der Waals surface area contributed by atoms with E-state index in [2.05, 4.69) is 31.4 Å². The van der Waals surface area contributed by atoms with Gasteiger partial charge in [-0.05, 0) is 25.8 Å². The van der Waals surface area contributed by atoms with Crippen molar-refractivity contribution in [3.8, 4) is 0 Å². The lowest BCUT2D eigenvalue weighted by molar-refractivity contribution is -0.0564. The third kappa shape index (κ3) is 2.82. The Morgan fingerprint density at radius 3 is 2.38 bits per heavy atom. The van der Waals surface area contributed by atoms with Crippen LogP contribution in [0.1, 0.15) is 38.8 Å². The minimum absolute atomic E-state index is 0.0126. The van der Waals surface area contributed by atoms with Gasteiger partial charge in [-0.3, -0.25) is 11.3 Å². The predicted molar refractivity (Wildman–Crippen MR) is 66.8 cm³/mol. The van der Waals surface area contributed by atoms with E-state index in [1.54, 1.807) is 0 Å². The van der Waals surface area contributed by atoms with E-state index in [0.29, 0.717) is 6.61 Å². The van der Waals surface area contributed by atoms with Gasteiger partial charge in [0, 0.05) is 6.61 Å². The molecule has 2 unspecified atom stereocenters. The molecule has 0 aliphatic rings. The minimum Gasteiger partial charge on any atom is -0.374 e. The molecule has 0 bridgehead atoms. The average molecular weight is 222 g/mol. The number of nitrogens with one attached hydrogen (secondary N) is 1. The molecule has 0 saturated carbocycles. The predicted octanol–water partition coefficient (Wildman–Crippen LogP) is 2.40. The lowest BCUT2D eigenvalue weighted by atomic mass is 9.88. The average Bonchev–Trinajstić information content (AvgIpc) is 2.31. The van der Waals surface area contributed by atoms with Crippen molar-refractivity contribution >= 4 is 0 Å². The molecule has 0 spiro atoms. The topological polar surface area (TPSA) is 47.3 Å². The fourth-order valence-electron chi connectivity index (χ4n) is 1.99. The summed E-state index contributed by atoms with van der Waals surface area (Å²) in [5.74, 6) is 5.67. The van der Waals surface area contributed by atoms with Crippen LogP contribution in [0.15, 0.2) is 30.3 Å². The first-order valence-corrected chi connectivity index (χ1v) is 5.83. The van der Waals surface area contributed by atoms with Crippen LogP contribution in [-0.2, 0) is 4.74 Å². The Bertz CT molecular complexity index is 302. The molecule has 3 heteroatoms. The summed E-state index contributed by atoms with van der Waals surface area (Å²) in [7, 11) is 0. The Balaban J connectivity index is 2.96. The molecular formula is C13H22N2O. The van der Waals surface area contributed by atoms with E-state index in [0.717, 1.165) is 12.0 Å². The summed E-state index contributed by atoms with van der Waals surface area (Å²) < 4.78 is 5.84. The lowest BCUT2D eigenvalue weighted by Crippen LogP contribution is -2.46. The van der Waals surface area contributed by atoms with Crippen molar-refractivity contribution in [3.63, 3.8) is 0 Å². The van der Waals surface area contributed by atoms with Gasteiger partial charge in [0.05, 0.1) is 11.6 Å². The molecule has 0 fully saturated rings. The van der Waals surface area contributed by atoms with Crippen molar-refractivity contribution < 1.29 is 4.74 Å². The zero-order valence-electron chi connectivity index (χ0n) is 10.4. The SMILES string of the molecule is CCOC(C)(CC)C(NN)c1ccccc1. The van der Waals surface area contributed by atoms with E-state index in [-0.39, 0.29) is 11.6 Å². The summed E-state index contributed by atoms with van der Waals surface area (Å²) in [5.41, 5.74) is 3.75. The van der Waals surface area contributed by atoms with Crippen LogP contribution in [0.2, 0.25) is 0 Å². The molecule has 3 N–H and O–H groups in total. The first-order valence-electron chi connectivity index (χ1n) is 5.83. The molecule has 90 valence electrons. The van der Waals surface area contributed by atoms with Crippen LogP contribution >= 0.6 is 0 Å². The molecule has 0 heterocycles. The second-order valence-electron chi connectivity index (χ2n) is 4.11. The smallest absolute Gasteiger partial charge is 0.0858 e. The molecule has 0 amide bonds. The molecule has 0 aliphatic carbocycles. The Labute approximate surface area is 98.0 Å². The van der Waals surface area contributed by atoms with Gasteiger partial charge in [-0.25, -0.2) is 0 Å². The quantitative estimate of drug-likeness (QED) is 0.574.